The van der Waals surface area contributed by atoms with E-state index in [1.165, 1.54) is 7.11 Å². The van der Waals surface area contributed by atoms with Gasteiger partial charge in [-0.05, 0) is 38.3 Å². The largest absolute Gasteiger partial charge is 0.478 e. The first kappa shape index (κ1) is 19.5. The molecule has 6 nitrogen and oxygen atoms in total. The number of esters is 1. The zero-order valence-electron chi connectivity index (χ0n) is 15.9. The van der Waals surface area contributed by atoms with Crippen molar-refractivity contribution in [3.8, 4) is 5.75 Å². The molecule has 1 unspecified atom stereocenters. The maximum Gasteiger partial charge on any atom is 0.343 e. The maximum atomic E-state index is 11.4. The fraction of sp³-hybridized carbons (Fsp3) is 0.476. The molecule has 0 N–H and O–H groups in total. The smallest absolute Gasteiger partial charge is 0.343 e. The van der Waals surface area contributed by atoms with Gasteiger partial charge in [-0.3, -0.25) is 0 Å². The Morgan fingerprint density at radius 1 is 1.33 bits per heavy atom. The molecule has 0 aliphatic carbocycles. The van der Waals surface area contributed by atoms with E-state index in [0.717, 1.165) is 42.6 Å². The number of furan rings is 1. The molecule has 0 bridgehead atoms. The van der Waals surface area contributed by atoms with Crippen LogP contribution in [0.2, 0.25) is 0 Å². The summed E-state index contributed by atoms with van der Waals surface area (Å²) in [5.41, 5.74) is 1.68. The number of carbonyl (C=O) groups is 1. The Balaban J connectivity index is 1.77. The highest BCUT2D eigenvalue weighted by Crippen LogP contribution is 2.34. The van der Waals surface area contributed by atoms with Crippen molar-refractivity contribution in [3.63, 3.8) is 0 Å². The van der Waals surface area contributed by atoms with E-state index < -0.39 is 5.97 Å². The fourth-order valence-corrected chi connectivity index (χ4v) is 3.15. The molecule has 1 aromatic carbocycles. The normalized spacial score (nSPS) is 17.5. The SMILES string of the molecule is CC=Cc1oc2c(OCC(=O)OC)cccc2c1CCOC1CCCCO1. The molecular formula is C21H26O6. The minimum Gasteiger partial charge on any atom is -0.478 e. The molecule has 146 valence electrons. The monoisotopic (exact) mass is 374 g/mol. The van der Waals surface area contributed by atoms with E-state index in [-0.39, 0.29) is 12.9 Å². The number of ether oxygens (including phenoxy) is 4. The molecule has 2 aromatic rings. The Kier molecular flexibility index (Phi) is 6.90. The first-order chi connectivity index (χ1) is 13.2. The number of methoxy groups -OCH3 is 1. The second-order valence-corrected chi connectivity index (χ2v) is 6.36. The summed E-state index contributed by atoms with van der Waals surface area (Å²) in [6, 6.07) is 5.66. The zero-order valence-corrected chi connectivity index (χ0v) is 15.9. The van der Waals surface area contributed by atoms with Gasteiger partial charge in [-0.15, -0.1) is 0 Å². The van der Waals surface area contributed by atoms with Crippen molar-refractivity contribution in [3.05, 3.63) is 35.6 Å². The lowest BCUT2D eigenvalue weighted by molar-refractivity contribution is -0.161. The molecular weight excluding hydrogens is 348 g/mol. The van der Waals surface area contributed by atoms with Crippen LogP contribution in [0.3, 0.4) is 0 Å². The molecule has 1 fully saturated rings. The van der Waals surface area contributed by atoms with E-state index in [9.17, 15) is 4.79 Å². The van der Waals surface area contributed by atoms with Crippen molar-refractivity contribution in [1.82, 2.24) is 0 Å². The minimum atomic E-state index is -0.437. The van der Waals surface area contributed by atoms with Crippen LogP contribution < -0.4 is 4.74 Å². The number of carbonyl (C=O) groups excluding carboxylic acids is 1. The first-order valence-corrected chi connectivity index (χ1v) is 9.33. The molecule has 0 saturated carbocycles. The average molecular weight is 374 g/mol. The van der Waals surface area contributed by atoms with Gasteiger partial charge in [0, 0.05) is 24.0 Å². The molecule has 2 heterocycles. The highest BCUT2D eigenvalue weighted by Gasteiger charge is 2.18. The van der Waals surface area contributed by atoms with Gasteiger partial charge in [0.05, 0.1) is 13.7 Å². The zero-order chi connectivity index (χ0) is 19.1. The standard InChI is InChI=1S/C21H26O6/c1-3-7-17-15(11-13-25-20-10-4-5-12-24-20)16-8-6-9-18(21(16)27-17)26-14-19(22)23-2/h3,6-9,20H,4-5,10-14H2,1-2H3. The van der Waals surface area contributed by atoms with Gasteiger partial charge in [0.1, 0.15) is 5.76 Å². The van der Waals surface area contributed by atoms with Crippen LogP contribution in [0.15, 0.2) is 28.7 Å². The number of benzene rings is 1. The summed E-state index contributed by atoms with van der Waals surface area (Å²) in [4.78, 5) is 11.4. The number of rotatable bonds is 8. The number of hydrogen-bond acceptors (Lipinski definition) is 6. The van der Waals surface area contributed by atoms with Gasteiger partial charge < -0.3 is 23.4 Å². The number of fused-ring (bicyclic) bond motifs is 1. The molecule has 1 aliphatic rings. The van der Waals surface area contributed by atoms with Crippen LogP contribution >= 0.6 is 0 Å². The Hall–Kier alpha value is -2.31. The van der Waals surface area contributed by atoms with Crippen molar-refractivity contribution in [2.45, 2.75) is 38.9 Å². The van der Waals surface area contributed by atoms with Gasteiger partial charge in [-0.2, -0.15) is 0 Å². The third kappa shape index (κ3) is 4.90. The van der Waals surface area contributed by atoms with Crippen LogP contribution in [0.1, 0.15) is 37.5 Å². The van der Waals surface area contributed by atoms with Gasteiger partial charge in [0.25, 0.3) is 0 Å². The molecule has 27 heavy (non-hydrogen) atoms. The van der Waals surface area contributed by atoms with Crippen molar-refractivity contribution in [2.24, 2.45) is 0 Å². The topological polar surface area (TPSA) is 67.1 Å². The van der Waals surface area contributed by atoms with Gasteiger partial charge in [0.15, 0.2) is 24.2 Å². The highest BCUT2D eigenvalue weighted by molar-refractivity contribution is 5.89. The first-order valence-electron chi connectivity index (χ1n) is 9.33. The van der Waals surface area contributed by atoms with Crippen LogP contribution in [-0.4, -0.2) is 39.2 Å². The Bertz CT molecular complexity index is 785. The third-order valence-corrected chi connectivity index (χ3v) is 4.50. The Morgan fingerprint density at radius 2 is 2.22 bits per heavy atom. The van der Waals surface area contributed by atoms with Crippen LogP contribution in [0.5, 0.6) is 5.75 Å². The van der Waals surface area contributed by atoms with Gasteiger partial charge in [0.2, 0.25) is 0 Å². The minimum absolute atomic E-state index is 0.110. The van der Waals surface area contributed by atoms with E-state index in [0.29, 0.717) is 24.4 Å². The summed E-state index contributed by atoms with van der Waals surface area (Å²) in [7, 11) is 1.33. The van der Waals surface area contributed by atoms with Crippen molar-refractivity contribution < 1.29 is 28.2 Å². The third-order valence-electron chi connectivity index (χ3n) is 4.50. The molecule has 6 heteroatoms. The van der Waals surface area contributed by atoms with Crippen molar-refractivity contribution in [1.29, 1.82) is 0 Å². The lowest BCUT2D eigenvalue weighted by atomic mass is 10.1. The summed E-state index contributed by atoms with van der Waals surface area (Å²) < 4.78 is 27.7. The highest BCUT2D eigenvalue weighted by atomic mass is 16.7. The molecule has 0 spiro atoms. The summed E-state index contributed by atoms with van der Waals surface area (Å²) >= 11 is 0. The molecule has 1 atom stereocenters. The maximum absolute atomic E-state index is 11.4. The van der Waals surface area contributed by atoms with E-state index in [1.807, 2.05) is 31.2 Å². The van der Waals surface area contributed by atoms with Crippen LogP contribution in [-0.2, 0) is 25.4 Å². The second-order valence-electron chi connectivity index (χ2n) is 6.36. The summed E-state index contributed by atoms with van der Waals surface area (Å²) in [6.07, 6.45) is 7.64. The van der Waals surface area contributed by atoms with Crippen molar-refractivity contribution >= 4 is 23.0 Å². The fourth-order valence-electron chi connectivity index (χ4n) is 3.15. The predicted molar refractivity (Wildman–Crippen MR) is 102 cm³/mol. The van der Waals surface area contributed by atoms with E-state index in [1.54, 1.807) is 6.07 Å². The Morgan fingerprint density at radius 3 is 2.96 bits per heavy atom. The second kappa shape index (κ2) is 9.58. The molecule has 1 aliphatic heterocycles. The number of allylic oxidation sites excluding steroid dienone is 1. The van der Waals surface area contributed by atoms with Crippen LogP contribution in [0, 0.1) is 0 Å². The lowest BCUT2D eigenvalue weighted by Gasteiger charge is -2.22. The summed E-state index contributed by atoms with van der Waals surface area (Å²) in [5.74, 6) is 0.856. The molecule has 0 amide bonds. The van der Waals surface area contributed by atoms with E-state index in [2.05, 4.69) is 4.74 Å². The van der Waals surface area contributed by atoms with E-state index >= 15 is 0 Å². The molecule has 0 radical (unpaired) electrons. The van der Waals surface area contributed by atoms with Gasteiger partial charge in [-0.25, -0.2) is 4.79 Å². The van der Waals surface area contributed by atoms with Crippen LogP contribution in [0.25, 0.3) is 17.0 Å². The number of para-hydroxylation sites is 1. The van der Waals surface area contributed by atoms with Gasteiger partial charge in [-0.1, -0.05) is 18.2 Å². The van der Waals surface area contributed by atoms with Crippen molar-refractivity contribution in [2.75, 3.05) is 26.9 Å². The molecule has 1 aromatic heterocycles. The quantitative estimate of drug-likeness (QED) is 0.648. The van der Waals surface area contributed by atoms with Crippen LogP contribution in [0.4, 0.5) is 0 Å². The summed E-state index contributed by atoms with van der Waals surface area (Å²) in [5, 5.41) is 0.957. The predicted octanol–water partition coefficient (Wildman–Crippen LogP) is 4.10. The molecule has 1 saturated heterocycles. The average Bonchev–Trinajstić information content (AvgIpc) is 3.05. The Labute approximate surface area is 159 Å². The molecule has 3 rings (SSSR count). The number of hydrogen-bond donors (Lipinski definition) is 0. The lowest BCUT2D eigenvalue weighted by Crippen LogP contribution is -2.23. The van der Waals surface area contributed by atoms with Gasteiger partial charge >= 0.3 is 5.97 Å². The summed E-state index contributed by atoms with van der Waals surface area (Å²) in [6.45, 7) is 3.10. The van der Waals surface area contributed by atoms with E-state index in [4.69, 9.17) is 18.6 Å².